The van der Waals surface area contributed by atoms with Gasteiger partial charge in [-0.1, -0.05) is 30.3 Å². The van der Waals surface area contributed by atoms with Gasteiger partial charge in [-0.3, -0.25) is 14.6 Å². The Hall–Kier alpha value is -3.61. The number of anilines is 1. The molecule has 6 nitrogen and oxygen atoms in total. The highest BCUT2D eigenvalue weighted by molar-refractivity contribution is 6.00. The lowest BCUT2D eigenvalue weighted by molar-refractivity contribution is -0.118. The molecule has 0 aliphatic rings. The van der Waals surface area contributed by atoms with Gasteiger partial charge >= 0.3 is 0 Å². The molecule has 130 valence electrons. The number of hydrogen-bond donors (Lipinski definition) is 2. The number of benzene rings is 2. The first-order valence-corrected chi connectivity index (χ1v) is 7.82. The monoisotopic (exact) mass is 350 g/mol. The van der Waals surface area contributed by atoms with E-state index in [2.05, 4.69) is 20.6 Å². The highest BCUT2D eigenvalue weighted by atomic mass is 19.1. The van der Waals surface area contributed by atoms with Crippen LogP contribution < -0.4 is 10.6 Å². The fourth-order valence-corrected chi connectivity index (χ4v) is 2.31. The summed E-state index contributed by atoms with van der Waals surface area (Å²) in [5.41, 5.74) is 1.12. The van der Waals surface area contributed by atoms with Gasteiger partial charge in [-0.25, -0.2) is 9.37 Å². The van der Waals surface area contributed by atoms with E-state index in [1.807, 2.05) is 6.07 Å². The van der Waals surface area contributed by atoms with Gasteiger partial charge in [0.15, 0.2) is 0 Å². The van der Waals surface area contributed by atoms with Crippen LogP contribution >= 0.6 is 0 Å². The first-order chi connectivity index (χ1) is 12.6. The van der Waals surface area contributed by atoms with E-state index in [-0.39, 0.29) is 5.69 Å². The normalized spacial score (nSPS) is 11.4. The average molecular weight is 350 g/mol. The zero-order valence-electron chi connectivity index (χ0n) is 13.6. The fourth-order valence-electron chi connectivity index (χ4n) is 2.31. The molecule has 0 bridgehead atoms. The summed E-state index contributed by atoms with van der Waals surface area (Å²) in [4.78, 5) is 32.9. The van der Waals surface area contributed by atoms with Crippen molar-refractivity contribution in [3.63, 3.8) is 0 Å². The van der Waals surface area contributed by atoms with Crippen molar-refractivity contribution in [2.45, 2.75) is 6.04 Å². The molecule has 0 aliphatic carbocycles. The van der Waals surface area contributed by atoms with Crippen molar-refractivity contribution in [1.29, 1.82) is 0 Å². The predicted molar refractivity (Wildman–Crippen MR) is 93.7 cm³/mol. The Morgan fingerprint density at radius 3 is 2.35 bits per heavy atom. The standard InChI is InChI=1S/C19H15FN4O2/c20-14-6-8-15(9-7-14)23-19(26)17(13-4-2-1-3-5-13)24-18(25)16-12-21-10-11-22-16/h1-12,17H,(H,23,26)(H,24,25)/t17-/m1/s1. The maximum absolute atomic E-state index is 13.0. The van der Waals surface area contributed by atoms with Crippen molar-refractivity contribution in [2.24, 2.45) is 0 Å². The summed E-state index contributed by atoms with van der Waals surface area (Å²) >= 11 is 0. The molecule has 3 aromatic rings. The van der Waals surface area contributed by atoms with E-state index in [4.69, 9.17) is 0 Å². The number of halogens is 1. The summed E-state index contributed by atoms with van der Waals surface area (Å²) in [6.45, 7) is 0. The lowest BCUT2D eigenvalue weighted by atomic mass is 10.1. The van der Waals surface area contributed by atoms with E-state index in [9.17, 15) is 14.0 Å². The topological polar surface area (TPSA) is 84.0 Å². The summed E-state index contributed by atoms with van der Waals surface area (Å²) in [5.74, 6) is -1.39. The third-order valence-electron chi connectivity index (χ3n) is 3.58. The number of hydrogen-bond acceptors (Lipinski definition) is 4. The Labute approximate surface area is 149 Å². The smallest absolute Gasteiger partial charge is 0.272 e. The number of amides is 2. The Balaban J connectivity index is 1.82. The molecule has 0 radical (unpaired) electrons. The zero-order valence-corrected chi connectivity index (χ0v) is 13.6. The van der Waals surface area contributed by atoms with Gasteiger partial charge in [0.25, 0.3) is 11.8 Å². The molecular formula is C19H15FN4O2. The van der Waals surface area contributed by atoms with Crippen LogP contribution in [0, 0.1) is 5.82 Å². The van der Waals surface area contributed by atoms with Gasteiger partial charge in [-0.15, -0.1) is 0 Å². The molecule has 0 saturated carbocycles. The molecule has 3 rings (SSSR count). The molecule has 0 unspecified atom stereocenters. The van der Waals surface area contributed by atoms with E-state index in [0.717, 1.165) is 0 Å². The van der Waals surface area contributed by atoms with Crippen LogP contribution in [0.4, 0.5) is 10.1 Å². The summed E-state index contributed by atoms with van der Waals surface area (Å²) in [5, 5.41) is 5.32. The molecule has 0 spiro atoms. The van der Waals surface area contributed by atoms with Crippen LogP contribution in [0.1, 0.15) is 22.1 Å². The van der Waals surface area contributed by atoms with E-state index < -0.39 is 23.7 Å². The Morgan fingerprint density at radius 2 is 1.69 bits per heavy atom. The molecule has 0 fully saturated rings. The minimum Gasteiger partial charge on any atom is -0.335 e. The number of nitrogens with one attached hydrogen (secondary N) is 2. The fraction of sp³-hybridized carbons (Fsp3) is 0.0526. The van der Waals surface area contributed by atoms with Gasteiger partial charge in [0.05, 0.1) is 6.20 Å². The molecule has 2 amide bonds. The lowest BCUT2D eigenvalue weighted by Gasteiger charge is -2.18. The third kappa shape index (κ3) is 4.27. The first kappa shape index (κ1) is 17.2. The van der Waals surface area contributed by atoms with Gasteiger partial charge < -0.3 is 10.6 Å². The summed E-state index contributed by atoms with van der Waals surface area (Å²) in [6.07, 6.45) is 4.16. The van der Waals surface area contributed by atoms with Crippen molar-refractivity contribution in [2.75, 3.05) is 5.32 Å². The van der Waals surface area contributed by atoms with E-state index >= 15 is 0 Å². The molecule has 1 heterocycles. The second kappa shape index (κ2) is 7.98. The second-order valence-corrected chi connectivity index (χ2v) is 5.40. The second-order valence-electron chi connectivity index (χ2n) is 5.40. The maximum Gasteiger partial charge on any atom is 0.272 e. The van der Waals surface area contributed by atoms with Crippen LogP contribution in [-0.2, 0) is 4.79 Å². The van der Waals surface area contributed by atoms with Crippen LogP contribution in [0.15, 0.2) is 73.2 Å². The van der Waals surface area contributed by atoms with Crippen LogP contribution in [0.5, 0.6) is 0 Å². The number of nitrogens with zero attached hydrogens (tertiary/aromatic N) is 2. The number of carbonyl (C=O) groups excluding carboxylic acids is 2. The highest BCUT2D eigenvalue weighted by Gasteiger charge is 2.24. The summed E-state index contributed by atoms with van der Waals surface area (Å²) in [6, 6.07) is 13.2. The van der Waals surface area contributed by atoms with Crippen LogP contribution in [-0.4, -0.2) is 21.8 Å². The number of carbonyl (C=O) groups is 2. The largest absolute Gasteiger partial charge is 0.335 e. The lowest BCUT2D eigenvalue weighted by Crippen LogP contribution is -2.37. The van der Waals surface area contributed by atoms with Crippen LogP contribution in [0.3, 0.4) is 0 Å². The third-order valence-corrected chi connectivity index (χ3v) is 3.58. The molecule has 2 N–H and O–H groups in total. The van der Waals surface area contributed by atoms with E-state index in [0.29, 0.717) is 11.3 Å². The minimum absolute atomic E-state index is 0.100. The molecule has 0 saturated heterocycles. The van der Waals surface area contributed by atoms with Crippen molar-refractivity contribution in [3.8, 4) is 0 Å². The van der Waals surface area contributed by atoms with Gasteiger partial charge in [0.2, 0.25) is 0 Å². The molecule has 1 atom stereocenters. The molecule has 7 heteroatoms. The molecule has 1 aromatic heterocycles. The van der Waals surface area contributed by atoms with Crippen molar-refractivity contribution >= 4 is 17.5 Å². The SMILES string of the molecule is O=C(N[C@@H](C(=O)Nc1ccc(F)cc1)c1ccccc1)c1cnccn1. The van der Waals surface area contributed by atoms with Crippen molar-refractivity contribution < 1.29 is 14.0 Å². The van der Waals surface area contributed by atoms with E-state index in [1.54, 1.807) is 24.3 Å². The van der Waals surface area contributed by atoms with Gasteiger partial charge in [-0.05, 0) is 29.8 Å². The molecular weight excluding hydrogens is 335 g/mol. The predicted octanol–water partition coefficient (Wildman–Crippen LogP) is 2.73. The number of aromatic nitrogens is 2. The maximum atomic E-state index is 13.0. The number of rotatable bonds is 5. The van der Waals surface area contributed by atoms with E-state index in [1.165, 1.54) is 42.9 Å². The summed E-state index contributed by atoms with van der Waals surface area (Å²) < 4.78 is 13.0. The highest BCUT2D eigenvalue weighted by Crippen LogP contribution is 2.17. The summed E-state index contributed by atoms with van der Waals surface area (Å²) in [7, 11) is 0. The van der Waals surface area contributed by atoms with Crippen LogP contribution in [0.25, 0.3) is 0 Å². The quantitative estimate of drug-likeness (QED) is 0.741. The van der Waals surface area contributed by atoms with Gasteiger partial charge in [0.1, 0.15) is 17.6 Å². The molecule has 0 aliphatic heterocycles. The van der Waals surface area contributed by atoms with Gasteiger partial charge in [0, 0.05) is 18.1 Å². The van der Waals surface area contributed by atoms with Crippen molar-refractivity contribution in [3.05, 3.63) is 90.3 Å². The van der Waals surface area contributed by atoms with Crippen LogP contribution in [0.2, 0.25) is 0 Å². The van der Waals surface area contributed by atoms with Gasteiger partial charge in [-0.2, -0.15) is 0 Å². The van der Waals surface area contributed by atoms with Crippen molar-refractivity contribution in [1.82, 2.24) is 15.3 Å². The average Bonchev–Trinajstić information content (AvgIpc) is 2.69. The first-order valence-electron chi connectivity index (χ1n) is 7.82. The molecule has 2 aromatic carbocycles. The minimum atomic E-state index is -0.948. The Kier molecular flexibility index (Phi) is 5.28. The Bertz CT molecular complexity index is 886. The molecule has 26 heavy (non-hydrogen) atoms. The Morgan fingerprint density at radius 1 is 0.962 bits per heavy atom. The zero-order chi connectivity index (χ0) is 18.4.